The van der Waals surface area contributed by atoms with Gasteiger partial charge in [-0.1, -0.05) is 17.7 Å². The summed E-state index contributed by atoms with van der Waals surface area (Å²) in [6, 6.07) is 10.1. The SMILES string of the molecule is COc1cccc(Nc2ncnc(NNC(=O)c3ccc(Cl)c([N+](=O)[O-])c3)c2[N+](=O)[O-])c1. The summed E-state index contributed by atoms with van der Waals surface area (Å²) < 4.78 is 5.11. The van der Waals surface area contributed by atoms with Gasteiger partial charge in [0.05, 0.1) is 17.0 Å². The molecule has 0 aliphatic heterocycles. The molecule has 0 spiro atoms. The lowest BCUT2D eigenvalue weighted by atomic mass is 10.2. The molecule has 164 valence electrons. The van der Waals surface area contributed by atoms with Crippen LogP contribution in [0.25, 0.3) is 0 Å². The first-order valence-corrected chi connectivity index (χ1v) is 9.08. The number of nitrogens with one attached hydrogen (secondary N) is 3. The number of nitro groups is 2. The fourth-order valence-electron chi connectivity index (χ4n) is 2.55. The fourth-order valence-corrected chi connectivity index (χ4v) is 2.74. The average molecular weight is 460 g/mol. The molecule has 1 heterocycles. The van der Waals surface area contributed by atoms with Crippen molar-refractivity contribution in [2.24, 2.45) is 0 Å². The van der Waals surface area contributed by atoms with E-state index in [2.05, 4.69) is 26.1 Å². The van der Waals surface area contributed by atoms with Gasteiger partial charge < -0.3 is 10.1 Å². The van der Waals surface area contributed by atoms with Gasteiger partial charge in [-0.2, -0.15) is 0 Å². The lowest BCUT2D eigenvalue weighted by Crippen LogP contribution is -2.30. The molecule has 0 fully saturated rings. The van der Waals surface area contributed by atoms with Crippen LogP contribution in [0.5, 0.6) is 5.75 Å². The third-order valence-electron chi connectivity index (χ3n) is 4.04. The summed E-state index contributed by atoms with van der Waals surface area (Å²) in [5.74, 6) is -0.737. The highest BCUT2D eigenvalue weighted by Crippen LogP contribution is 2.31. The van der Waals surface area contributed by atoms with E-state index in [1.807, 2.05) is 0 Å². The fraction of sp³-hybridized carbons (Fsp3) is 0.0556. The number of rotatable bonds is 8. The normalized spacial score (nSPS) is 10.2. The van der Waals surface area contributed by atoms with E-state index in [4.69, 9.17) is 16.3 Å². The summed E-state index contributed by atoms with van der Waals surface area (Å²) in [6.45, 7) is 0. The van der Waals surface area contributed by atoms with Gasteiger partial charge in [0.1, 0.15) is 17.1 Å². The summed E-state index contributed by atoms with van der Waals surface area (Å²) in [5.41, 5.74) is 3.92. The first kappa shape index (κ1) is 22.2. The number of carbonyl (C=O) groups is 1. The number of hydrogen-bond donors (Lipinski definition) is 3. The first-order chi connectivity index (χ1) is 15.3. The maximum absolute atomic E-state index is 12.3. The van der Waals surface area contributed by atoms with Crippen LogP contribution >= 0.6 is 11.6 Å². The van der Waals surface area contributed by atoms with E-state index in [1.165, 1.54) is 19.2 Å². The van der Waals surface area contributed by atoms with Crippen molar-refractivity contribution in [2.75, 3.05) is 17.9 Å². The minimum atomic E-state index is -0.806. The molecule has 3 rings (SSSR count). The first-order valence-electron chi connectivity index (χ1n) is 8.71. The predicted molar refractivity (Wildman–Crippen MR) is 114 cm³/mol. The van der Waals surface area contributed by atoms with Gasteiger partial charge in [-0.25, -0.2) is 9.97 Å². The van der Waals surface area contributed by atoms with Crippen molar-refractivity contribution in [1.82, 2.24) is 15.4 Å². The zero-order valence-electron chi connectivity index (χ0n) is 16.2. The Morgan fingerprint density at radius 3 is 2.50 bits per heavy atom. The van der Waals surface area contributed by atoms with Crippen LogP contribution in [0.15, 0.2) is 48.8 Å². The van der Waals surface area contributed by atoms with Gasteiger partial charge in [0.15, 0.2) is 0 Å². The molecule has 0 saturated heterocycles. The largest absolute Gasteiger partial charge is 0.497 e. The summed E-state index contributed by atoms with van der Waals surface area (Å²) in [6.07, 6.45) is 1.05. The molecule has 2 aromatic carbocycles. The number of benzene rings is 2. The number of ether oxygens (including phenoxy) is 1. The predicted octanol–water partition coefficient (Wildman–Crippen LogP) is 3.46. The molecule has 0 radical (unpaired) electrons. The highest BCUT2D eigenvalue weighted by Gasteiger charge is 2.24. The Bertz CT molecular complexity index is 1210. The van der Waals surface area contributed by atoms with Crippen LogP contribution in [0.1, 0.15) is 10.4 Å². The summed E-state index contributed by atoms with van der Waals surface area (Å²) in [4.78, 5) is 41.2. The molecule has 0 bridgehead atoms. The van der Waals surface area contributed by atoms with Gasteiger partial charge in [0.2, 0.25) is 11.6 Å². The van der Waals surface area contributed by atoms with E-state index in [0.29, 0.717) is 11.4 Å². The van der Waals surface area contributed by atoms with E-state index in [9.17, 15) is 25.0 Å². The number of hydrazine groups is 1. The Morgan fingerprint density at radius 2 is 1.81 bits per heavy atom. The second-order valence-electron chi connectivity index (χ2n) is 6.04. The second kappa shape index (κ2) is 9.53. The standard InChI is InChI=1S/C18H14ClN7O6/c1-32-12-4-2-3-11(8-12)22-16-15(26(30)31)17(21-9-20-16)23-24-18(27)10-5-6-13(19)14(7-10)25(28)29/h2-9H,1H3,(H,24,27)(H2,20,21,22,23). The lowest BCUT2D eigenvalue weighted by molar-refractivity contribution is -0.384. The van der Waals surface area contributed by atoms with Crippen LogP contribution in [0, 0.1) is 20.2 Å². The number of halogens is 1. The molecule has 0 atom stereocenters. The number of amides is 1. The van der Waals surface area contributed by atoms with Crippen LogP contribution in [-0.2, 0) is 0 Å². The molecule has 14 heteroatoms. The number of carbonyl (C=O) groups excluding carboxylic acids is 1. The lowest BCUT2D eigenvalue weighted by Gasteiger charge is -2.11. The van der Waals surface area contributed by atoms with E-state index in [0.717, 1.165) is 12.4 Å². The van der Waals surface area contributed by atoms with Gasteiger partial charge >= 0.3 is 5.69 Å². The molecular weight excluding hydrogens is 446 g/mol. The smallest absolute Gasteiger partial charge is 0.355 e. The van der Waals surface area contributed by atoms with Crippen LogP contribution in [0.4, 0.5) is 28.7 Å². The second-order valence-corrected chi connectivity index (χ2v) is 6.44. The van der Waals surface area contributed by atoms with Gasteiger partial charge in [0, 0.05) is 23.4 Å². The average Bonchev–Trinajstić information content (AvgIpc) is 2.77. The van der Waals surface area contributed by atoms with Crippen molar-refractivity contribution in [3.63, 3.8) is 0 Å². The monoisotopic (exact) mass is 459 g/mol. The van der Waals surface area contributed by atoms with Crippen LogP contribution in [-0.4, -0.2) is 32.8 Å². The van der Waals surface area contributed by atoms with Crippen molar-refractivity contribution in [3.05, 3.63) is 79.6 Å². The molecule has 3 N–H and O–H groups in total. The third kappa shape index (κ3) is 4.96. The molecule has 32 heavy (non-hydrogen) atoms. The quantitative estimate of drug-likeness (QED) is 0.334. The van der Waals surface area contributed by atoms with Gasteiger partial charge in [-0.3, -0.25) is 35.9 Å². The molecular formula is C18H14ClN7O6. The molecule has 0 aliphatic carbocycles. The molecule has 3 aromatic rings. The van der Waals surface area contributed by atoms with Crippen molar-refractivity contribution in [2.45, 2.75) is 0 Å². The molecule has 1 aromatic heterocycles. The Morgan fingerprint density at radius 1 is 1.06 bits per heavy atom. The van der Waals surface area contributed by atoms with Crippen molar-refractivity contribution < 1.29 is 19.4 Å². The Labute approximate surface area is 184 Å². The number of methoxy groups -OCH3 is 1. The van der Waals surface area contributed by atoms with E-state index >= 15 is 0 Å². The number of anilines is 3. The maximum Gasteiger partial charge on any atom is 0.355 e. The van der Waals surface area contributed by atoms with E-state index < -0.39 is 27.1 Å². The van der Waals surface area contributed by atoms with Crippen molar-refractivity contribution >= 4 is 46.2 Å². The van der Waals surface area contributed by atoms with E-state index in [-0.39, 0.29) is 22.2 Å². The Balaban J connectivity index is 1.83. The minimum Gasteiger partial charge on any atom is -0.497 e. The van der Waals surface area contributed by atoms with Gasteiger partial charge in [0.25, 0.3) is 11.6 Å². The van der Waals surface area contributed by atoms with Gasteiger partial charge in [-0.15, -0.1) is 0 Å². The van der Waals surface area contributed by atoms with Gasteiger partial charge in [-0.05, 0) is 24.3 Å². The maximum atomic E-state index is 12.3. The Kier molecular flexibility index (Phi) is 6.60. The molecule has 1 amide bonds. The molecule has 0 aliphatic rings. The highest BCUT2D eigenvalue weighted by atomic mass is 35.5. The molecule has 0 saturated carbocycles. The van der Waals surface area contributed by atoms with Crippen LogP contribution in [0.2, 0.25) is 5.02 Å². The zero-order chi connectivity index (χ0) is 23.3. The van der Waals surface area contributed by atoms with E-state index in [1.54, 1.807) is 24.3 Å². The highest BCUT2D eigenvalue weighted by molar-refractivity contribution is 6.32. The minimum absolute atomic E-state index is 0.0972. The summed E-state index contributed by atoms with van der Waals surface area (Å²) >= 11 is 5.73. The summed E-state index contributed by atoms with van der Waals surface area (Å²) in [5, 5.41) is 25.3. The topological polar surface area (TPSA) is 174 Å². The van der Waals surface area contributed by atoms with Crippen LogP contribution in [0.3, 0.4) is 0 Å². The summed E-state index contributed by atoms with van der Waals surface area (Å²) in [7, 11) is 1.48. The molecule has 13 nitrogen and oxygen atoms in total. The van der Waals surface area contributed by atoms with Crippen molar-refractivity contribution in [3.8, 4) is 5.75 Å². The number of aromatic nitrogens is 2. The number of nitrogens with zero attached hydrogens (tertiary/aromatic N) is 4. The number of hydrogen-bond acceptors (Lipinski definition) is 10. The third-order valence-corrected chi connectivity index (χ3v) is 4.36. The molecule has 0 unspecified atom stereocenters. The van der Waals surface area contributed by atoms with Crippen LogP contribution < -0.4 is 20.9 Å². The number of nitro benzene ring substituents is 1. The Hall–Kier alpha value is -4.52. The zero-order valence-corrected chi connectivity index (χ0v) is 17.0. The van der Waals surface area contributed by atoms with Crippen molar-refractivity contribution in [1.29, 1.82) is 0 Å².